The molecule has 4 aliphatic carbocycles. The first-order valence-corrected chi connectivity index (χ1v) is 9.56. The van der Waals surface area contributed by atoms with Crippen molar-refractivity contribution in [3.63, 3.8) is 0 Å². The fourth-order valence-electron chi connectivity index (χ4n) is 6.25. The average molecular weight is 335 g/mol. The Kier molecular flexibility index (Phi) is 3.90. The number of carbonyl (C=O) groups is 2. The first-order chi connectivity index (χ1) is 11.4. The number of nitrogens with zero attached hydrogens (tertiary/aromatic N) is 1. The number of hydrogen-bond donors (Lipinski definition) is 1. The molecule has 0 aromatic carbocycles. The highest BCUT2D eigenvalue weighted by Gasteiger charge is 2.57. The molecule has 1 amide bonds. The van der Waals surface area contributed by atoms with Gasteiger partial charge in [-0.15, -0.1) is 0 Å². The summed E-state index contributed by atoms with van der Waals surface area (Å²) in [6.07, 6.45) is 6.29. The lowest BCUT2D eigenvalue weighted by Crippen LogP contribution is -2.56. The predicted octanol–water partition coefficient (Wildman–Crippen LogP) is 2.12. The zero-order valence-corrected chi connectivity index (χ0v) is 14.7. The van der Waals surface area contributed by atoms with Gasteiger partial charge in [-0.1, -0.05) is 0 Å². The lowest BCUT2D eigenvalue weighted by atomic mass is 9.49. The number of hydrogen-bond acceptors (Lipinski definition) is 4. The van der Waals surface area contributed by atoms with Gasteiger partial charge in [0.1, 0.15) is 6.04 Å². The van der Waals surface area contributed by atoms with Gasteiger partial charge in [0.15, 0.2) is 0 Å². The number of amides is 1. The molecular weight excluding hydrogens is 306 g/mol. The van der Waals surface area contributed by atoms with Crippen molar-refractivity contribution in [2.45, 2.75) is 77.0 Å². The largest absolute Gasteiger partial charge is 0.461 e. The van der Waals surface area contributed by atoms with Crippen LogP contribution in [0.1, 0.15) is 58.8 Å². The molecular formula is C19H29NO4. The lowest BCUT2D eigenvalue weighted by Gasteiger charge is -2.56. The molecule has 0 radical (unpaired) electrons. The molecule has 1 heterocycles. The van der Waals surface area contributed by atoms with Gasteiger partial charge in [0, 0.05) is 13.0 Å². The SMILES string of the molecule is CC(C)OC(=O)[C@@H]1CC(O)CN1C(=O)C12CC3CC(CC(C3)C1)C2. The summed E-state index contributed by atoms with van der Waals surface area (Å²) in [6.45, 7) is 3.90. The van der Waals surface area contributed by atoms with Crippen molar-refractivity contribution in [2.24, 2.45) is 23.2 Å². The molecule has 5 rings (SSSR count). The van der Waals surface area contributed by atoms with E-state index >= 15 is 0 Å². The molecule has 2 atom stereocenters. The highest BCUT2D eigenvalue weighted by molar-refractivity contribution is 5.89. The molecule has 1 unspecified atom stereocenters. The molecule has 0 spiro atoms. The molecule has 0 aromatic rings. The number of carbonyl (C=O) groups excluding carboxylic acids is 2. The molecule has 4 saturated carbocycles. The van der Waals surface area contributed by atoms with Gasteiger partial charge >= 0.3 is 5.97 Å². The van der Waals surface area contributed by atoms with Gasteiger partial charge in [0.2, 0.25) is 5.91 Å². The highest BCUT2D eigenvalue weighted by atomic mass is 16.5. The highest BCUT2D eigenvalue weighted by Crippen LogP contribution is 2.60. The van der Waals surface area contributed by atoms with E-state index in [1.165, 1.54) is 19.3 Å². The Hall–Kier alpha value is -1.10. The minimum Gasteiger partial charge on any atom is -0.461 e. The predicted molar refractivity (Wildman–Crippen MR) is 88.0 cm³/mol. The standard InChI is InChI=1S/C19H29NO4/c1-11(2)24-17(22)16-6-15(21)10-20(16)18(23)19-7-12-3-13(8-19)5-14(4-12)9-19/h11-16,21H,3-10H2,1-2H3/t12?,13?,14?,15?,16-,19?/m0/s1. The minimum absolute atomic E-state index is 0.115. The zero-order chi connectivity index (χ0) is 17.1. The number of esters is 1. The van der Waals surface area contributed by atoms with Gasteiger partial charge in [0.05, 0.1) is 17.6 Å². The molecule has 24 heavy (non-hydrogen) atoms. The van der Waals surface area contributed by atoms with Crippen molar-refractivity contribution in [3.05, 3.63) is 0 Å². The Labute approximate surface area is 143 Å². The maximum absolute atomic E-state index is 13.5. The van der Waals surface area contributed by atoms with Crippen LogP contribution in [-0.2, 0) is 14.3 Å². The Morgan fingerprint density at radius 1 is 1.04 bits per heavy atom. The molecule has 134 valence electrons. The Balaban J connectivity index is 1.55. The second-order valence-electron chi connectivity index (χ2n) is 9.05. The molecule has 5 fully saturated rings. The van der Waals surface area contributed by atoms with E-state index in [4.69, 9.17) is 4.74 Å². The third-order valence-corrected chi connectivity index (χ3v) is 6.66. The monoisotopic (exact) mass is 335 g/mol. The van der Waals surface area contributed by atoms with Crippen LogP contribution in [0.15, 0.2) is 0 Å². The first kappa shape index (κ1) is 16.4. The zero-order valence-electron chi connectivity index (χ0n) is 14.7. The van der Waals surface area contributed by atoms with Crippen LogP contribution in [0, 0.1) is 23.2 Å². The normalized spacial score (nSPS) is 43.5. The molecule has 0 aromatic heterocycles. The molecule has 1 aliphatic heterocycles. The third-order valence-electron chi connectivity index (χ3n) is 6.66. The summed E-state index contributed by atoms with van der Waals surface area (Å²) in [5, 5.41) is 10.1. The number of aliphatic hydroxyl groups is 1. The van der Waals surface area contributed by atoms with E-state index in [9.17, 15) is 14.7 Å². The molecule has 5 aliphatic rings. The quantitative estimate of drug-likeness (QED) is 0.802. The smallest absolute Gasteiger partial charge is 0.329 e. The number of rotatable bonds is 3. The summed E-state index contributed by atoms with van der Waals surface area (Å²) in [5.41, 5.74) is -0.269. The molecule has 1 saturated heterocycles. The Bertz CT molecular complexity index is 508. The lowest BCUT2D eigenvalue weighted by molar-refractivity contribution is -0.167. The summed E-state index contributed by atoms with van der Waals surface area (Å²) in [5.74, 6) is 1.82. The summed E-state index contributed by atoms with van der Waals surface area (Å²) in [4.78, 5) is 27.5. The van der Waals surface area contributed by atoms with Crippen LogP contribution < -0.4 is 0 Å². The van der Waals surface area contributed by atoms with Gasteiger partial charge in [-0.3, -0.25) is 4.79 Å². The van der Waals surface area contributed by atoms with Crippen LogP contribution >= 0.6 is 0 Å². The number of β-amino-alcohol motifs (C(OH)–C–C–N with tert-alkyl or cyclic N) is 1. The topological polar surface area (TPSA) is 66.8 Å². The van der Waals surface area contributed by atoms with Gasteiger partial charge in [-0.05, 0) is 70.1 Å². The Morgan fingerprint density at radius 2 is 1.58 bits per heavy atom. The maximum Gasteiger partial charge on any atom is 0.329 e. The summed E-state index contributed by atoms with van der Waals surface area (Å²) in [7, 11) is 0. The van der Waals surface area contributed by atoms with Gasteiger partial charge in [-0.2, -0.15) is 0 Å². The van der Waals surface area contributed by atoms with E-state index in [1.54, 1.807) is 4.90 Å². The van der Waals surface area contributed by atoms with Crippen LogP contribution in [0.4, 0.5) is 0 Å². The molecule has 5 nitrogen and oxygen atoms in total. The molecule has 4 bridgehead atoms. The van der Waals surface area contributed by atoms with Crippen molar-refractivity contribution in [1.82, 2.24) is 4.90 Å². The third kappa shape index (κ3) is 2.65. The van der Waals surface area contributed by atoms with Crippen molar-refractivity contribution in [1.29, 1.82) is 0 Å². The van der Waals surface area contributed by atoms with Crippen molar-refractivity contribution < 1.29 is 19.4 Å². The van der Waals surface area contributed by atoms with Crippen LogP contribution in [0.5, 0.6) is 0 Å². The van der Waals surface area contributed by atoms with E-state index in [-0.39, 0.29) is 29.9 Å². The summed E-state index contributed by atoms with van der Waals surface area (Å²) >= 11 is 0. The average Bonchev–Trinajstić information content (AvgIpc) is 2.86. The fourth-order valence-corrected chi connectivity index (χ4v) is 6.25. The minimum atomic E-state index is -0.618. The Morgan fingerprint density at radius 3 is 2.08 bits per heavy atom. The van der Waals surface area contributed by atoms with E-state index in [0.29, 0.717) is 24.2 Å². The van der Waals surface area contributed by atoms with Gasteiger partial charge in [-0.25, -0.2) is 4.79 Å². The summed E-state index contributed by atoms with van der Waals surface area (Å²) in [6, 6.07) is -0.608. The van der Waals surface area contributed by atoms with Gasteiger partial charge < -0.3 is 14.7 Å². The van der Waals surface area contributed by atoms with Crippen molar-refractivity contribution in [2.75, 3.05) is 6.54 Å². The number of likely N-dealkylation sites (tertiary alicyclic amines) is 1. The van der Waals surface area contributed by atoms with Crippen LogP contribution in [0.2, 0.25) is 0 Å². The fraction of sp³-hybridized carbons (Fsp3) is 0.895. The first-order valence-electron chi connectivity index (χ1n) is 9.56. The second kappa shape index (κ2) is 5.72. The van der Waals surface area contributed by atoms with E-state index in [1.807, 2.05) is 13.8 Å². The van der Waals surface area contributed by atoms with Crippen molar-refractivity contribution >= 4 is 11.9 Å². The molecule has 1 N–H and O–H groups in total. The number of aliphatic hydroxyl groups excluding tert-OH is 1. The van der Waals surface area contributed by atoms with Crippen LogP contribution in [0.25, 0.3) is 0 Å². The number of ether oxygens (including phenoxy) is 1. The van der Waals surface area contributed by atoms with E-state index in [0.717, 1.165) is 19.3 Å². The molecule has 5 heteroatoms. The maximum atomic E-state index is 13.5. The second-order valence-corrected chi connectivity index (χ2v) is 9.05. The van der Waals surface area contributed by atoms with Crippen LogP contribution in [0.3, 0.4) is 0 Å². The van der Waals surface area contributed by atoms with E-state index < -0.39 is 12.1 Å². The van der Waals surface area contributed by atoms with Crippen LogP contribution in [-0.4, -0.2) is 46.7 Å². The summed E-state index contributed by atoms with van der Waals surface area (Å²) < 4.78 is 5.34. The van der Waals surface area contributed by atoms with Gasteiger partial charge in [0.25, 0.3) is 0 Å². The van der Waals surface area contributed by atoms with Crippen molar-refractivity contribution in [3.8, 4) is 0 Å². The van der Waals surface area contributed by atoms with E-state index in [2.05, 4.69) is 0 Å².